The Hall–Kier alpha value is -3.00. The molecule has 1 unspecified atom stereocenters. The van der Waals surface area contributed by atoms with Gasteiger partial charge >= 0.3 is 0 Å². The number of ether oxygens (including phenoxy) is 3. The van der Waals surface area contributed by atoms with Crippen LogP contribution in [-0.4, -0.2) is 19.8 Å². The molecule has 3 aromatic rings. The molecule has 34 heavy (non-hydrogen) atoms. The van der Waals surface area contributed by atoms with Crippen molar-refractivity contribution in [1.82, 2.24) is 0 Å². The van der Waals surface area contributed by atoms with Crippen LogP contribution in [-0.2, 0) is 14.2 Å². The van der Waals surface area contributed by atoms with E-state index in [1.807, 2.05) is 19.1 Å². The highest BCUT2D eigenvalue weighted by Gasteiger charge is 2.30. The largest absolute Gasteiger partial charge is 0.368 e. The van der Waals surface area contributed by atoms with Crippen LogP contribution >= 0.6 is 0 Å². The van der Waals surface area contributed by atoms with Crippen molar-refractivity contribution < 1.29 is 31.8 Å². The molecule has 5 rings (SSSR count). The molecule has 0 aliphatic carbocycles. The number of epoxide rings is 1. The highest BCUT2D eigenvalue weighted by molar-refractivity contribution is 5.71. The predicted molar refractivity (Wildman–Crippen MR) is 119 cm³/mol. The van der Waals surface area contributed by atoms with E-state index in [1.165, 1.54) is 36.4 Å². The van der Waals surface area contributed by atoms with Crippen LogP contribution in [0.5, 0.6) is 0 Å². The molecule has 2 aliphatic heterocycles. The summed E-state index contributed by atoms with van der Waals surface area (Å²) in [7, 11) is 0. The van der Waals surface area contributed by atoms with Gasteiger partial charge in [-0.05, 0) is 18.1 Å². The maximum atomic E-state index is 14.9. The summed E-state index contributed by atoms with van der Waals surface area (Å²) < 4.78 is 75.0. The number of hydrogen-bond donors (Lipinski definition) is 0. The first-order chi connectivity index (χ1) is 16.5. The van der Waals surface area contributed by atoms with E-state index in [0.717, 1.165) is 0 Å². The van der Waals surface area contributed by atoms with Crippen LogP contribution in [0.25, 0.3) is 22.3 Å². The van der Waals surface area contributed by atoms with E-state index in [9.17, 15) is 17.6 Å². The molecule has 3 aromatic carbocycles. The number of allylic oxidation sites excluding steroid dienone is 1. The summed E-state index contributed by atoms with van der Waals surface area (Å²) in [6.07, 6.45) is 2.46. The Kier molecular flexibility index (Phi) is 6.25. The first kappa shape index (κ1) is 22.8. The van der Waals surface area contributed by atoms with Gasteiger partial charge in [0.05, 0.1) is 19.8 Å². The summed E-state index contributed by atoms with van der Waals surface area (Å²) in [5, 5.41) is 0. The van der Waals surface area contributed by atoms with Gasteiger partial charge < -0.3 is 14.2 Å². The maximum absolute atomic E-state index is 14.9. The summed E-state index contributed by atoms with van der Waals surface area (Å²) in [4.78, 5) is 0. The molecule has 0 spiro atoms. The fourth-order valence-corrected chi connectivity index (χ4v) is 4.14. The lowest BCUT2D eigenvalue weighted by Crippen LogP contribution is -2.26. The highest BCUT2D eigenvalue weighted by Crippen LogP contribution is 2.37. The minimum Gasteiger partial charge on any atom is -0.368 e. The zero-order valence-corrected chi connectivity index (χ0v) is 18.4. The van der Waals surface area contributed by atoms with Gasteiger partial charge in [-0.15, -0.1) is 0 Å². The smallest absolute Gasteiger partial charge is 0.186 e. The van der Waals surface area contributed by atoms with Gasteiger partial charge in [0.2, 0.25) is 0 Å². The minimum atomic E-state index is -1.04. The summed E-state index contributed by atoms with van der Waals surface area (Å²) in [5.41, 5.74) is 1.13. The Morgan fingerprint density at radius 3 is 1.65 bits per heavy atom. The molecule has 2 saturated heterocycles. The molecule has 7 heteroatoms. The Morgan fingerprint density at radius 2 is 1.15 bits per heavy atom. The molecular formula is C27H22F4O3. The second kappa shape index (κ2) is 9.33. The number of rotatable bonds is 5. The zero-order valence-electron chi connectivity index (χ0n) is 18.4. The molecule has 0 amide bonds. The first-order valence-corrected chi connectivity index (χ1v) is 11.0. The average Bonchev–Trinajstić information content (AvgIpc) is 3.69. The maximum Gasteiger partial charge on any atom is 0.186 e. The topological polar surface area (TPSA) is 31.0 Å². The van der Waals surface area contributed by atoms with E-state index in [2.05, 4.69) is 0 Å². The van der Waals surface area contributed by atoms with Crippen LogP contribution in [0.3, 0.4) is 0 Å². The van der Waals surface area contributed by atoms with Crippen molar-refractivity contribution in [3.8, 4) is 22.3 Å². The molecule has 2 fully saturated rings. The van der Waals surface area contributed by atoms with Crippen molar-refractivity contribution in [3.05, 3.63) is 95.1 Å². The van der Waals surface area contributed by atoms with Gasteiger partial charge in [-0.1, -0.05) is 60.7 Å². The summed E-state index contributed by atoms with van der Waals surface area (Å²) in [6.45, 7) is 2.97. The van der Waals surface area contributed by atoms with E-state index in [-0.39, 0.29) is 28.2 Å². The highest BCUT2D eigenvalue weighted by atomic mass is 19.2. The van der Waals surface area contributed by atoms with Gasteiger partial charge in [0.15, 0.2) is 29.6 Å². The standard InChI is InChI=1S/C27H22F4O3/c1-2-3-15-12-33-27(34-13-15)21-11-9-19(24(29)26(21)31)17-6-4-16(5-7-17)18-8-10-20(22-14-32-22)25(30)23(18)28/h2-11,15,22,27H,12-14H2,1H3/b3-2+. The second-order valence-electron chi connectivity index (χ2n) is 8.34. The van der Waals surface area contributed by atoms with Gasteiger partial charge in [0.1, 0.15) is 6.10 Å². The van der Waals surface area contributed by atoms with Crippen molar-refractivity contribution in [1.29, 1.82) is 0 Å². The Morgan fingerprint density at radius 1 is 0.647 bits per heavy atom. The Balaban J connectivity index is 1.38. The van der Waals surface area contributed by atoms with Gasteiger partial charge in [-0.3, -0.25) is 0 Å². The van der Waals surface area contributed by atoms with Crippen molar-refractivity contribution in [2.24, 2.45) is 5.92 Å². The molecule has 0 radical (unpaired) electrons. The summed E-state index contributed by atoms with van der Waals surface area (Å²) in [6, 6.07) is 12.1. The fraction of sp³-hybridized carbons (Fsp3) is 0.259. The van der Waals surface area contributed by atoms with Crippen molar-refractivity contribution in [2.45, 2.75) is 19.3 Å². The monoisotopic (exact) mass is 470 g/mol. The minimum absolute atomic E-state index is 0.00548. The van der Waals surface area contributed by atoms with Crippen LogP contribution < -0.4 is 0 Å². The van der Waals surface area contributed by atoms with Crippen LogP contribution in [0, 0.1) is 29.2 Å². The third-order valence-electron chi connectivity index (χ3n) is 6.05. The molecule has 2 aliphatic rings. The van der Waals surface area contributed by atoms with Crippen LogP contribution in [0.15, 0.2) is 60.7 Å². The quantitative estimate of drug-likeness (QED) is 0.231. The summed E-state index contributed by atoms with van der Waals surface area (Å²) in [5.74, 6) is -3.90. The molecule has 0 aromatic heterocycles. The van der Waals surface area contributed by atoms with Crippen LogP contribution in [0.1, 0.15) is 30.4 Å². The predicted octanol–water partition coefficient (Wildman–Crippen LogP) is 6.89. The molecule has 0 N–H and O–H groups in total. The average molecular weight is 470 g/mol. The Labute approximate surface area is 194 Å². The van der Waals surface area contributed by atoms with Crippen LogP contribution in [0.4, 0.5) is 17.6 Å². The van der Waals surface area contributed by atoms with E-state index < -0.39 is 35.7 Å². The summed E-state index contributed by atoms with van der Waals surface area (Å²) >= 11 is 0. The molecule has 0 saturated carbocycles. The van der Waals surface area contributed by atoms with Gasteiger partial charge in [0.25, 0.3) is 0 Å². The molecule has 2 heterocycles. The number of halogens is 4. The lowest BCUT2D eigenvalue weighted by atomic mass is 9.97. The first-order valence-electron chi connectivity index (χ1n) is 11.0. The number of hydrogen-bond acceptors (Lipinski definition) is 3. The second-order valence-corrected chi connectivity index (χ2v) is 8.34. The fourth-order valence-electron chi connectivity index (χ4n) is 4.14. The van der Waals surface area contributed by atoms with Gasteiger partial charge in [0, 0.05) is 28.2 Å². The van der Waals surface area contributed by atoms with Gasteiger partial charge in [-0.2, -0.15) is 0 Å². The third kappa shape index (κ3) is 4.27. The Bertz CT molecular complexity index is 1230. The SMILES string of the molecule is C/C=C/C1COC(c2ccc(-c3ccc(-c4ccc(C5CO5)c(F)c4F)cc3)c(F)c2F)OC1. The number of benzene rings is 3. The van der Waals surface area contributed by atoms with E-state index in [4.69, 9.17) is 14.2 Å². The van der Waals surface area contributed by atoms with Crippen molar-refractivity contribution >= 4 is 0 Å². The lowest BCUT2D eigenvalue weighted by molar-refractivity contribution is -0.199. The van der Waals surface area contributed by atoms with E-state index in [1.54, 1.807) is 12.1 Å². The molecule has 3 nitrogen and oxygen atoms in total. The van der Waals surface area contributed by atoms with E-state index in [0.29, 0.717) is 30.9 Å². The molecule has 1 atom stereocenters. The van der Waals surface area contributed by atoms with E-state index >= 15 is 0 Å². The zero-order chi connectivity index (χ0) is 23.8. The molecular weight excluding hydrogens is 448 g/mol. The third-order valence-corrected chi connectivity index (χ3v) is 6.05. The molecule has 176 valence electrons. The lowest BCUT2D eigenvalue weighted by Gasteiger charge is -2.28. The van der Waals surface area contributed by atoms with Crippen molar-refractivity contribution in [3.63, 3.8) is 0 Å². The normalized spacial score (nSPS) is 22.3. The molecule has 0 bridgehead atoms. The van der Waals surface area contributed by atoms with Crippen molar-refractivity contribution in [2.75, 3.05) is 19.8 Å². The van der Waals surface area contributed by atoms with Crippen LogP contribution in [0.2, 0.25) is 0 Å². The van der Waals surface area contributed by atoms with Gasteiger partial charge in [-0.25, -0.2) is 17.6 Å².